The molecule has 1 aromatic heterocycles. The number of nitrogens with one attached hydrogen (secondary N) is 2. The average molecular weight is 367 g/mol. The zero-order chi connectivity index (χ0) is 19.1. The lowest BCUT2D eigenvalue weighted by Gasteiger charge is -2.31. The summed E-state index contributed by atoms with van der Waals surface area (Å²) in [6.45, 7) is -0.275. The first-order chi connectivity index (χ1) is 13.2. The third kappa shape index (κ3) is 5.22. The predicted molar refractivity (Wildman–Crippen MR) is 100 cm³/mol. The number of benzene rings is 1. The molecule has 0 aliphatic carbocycles. The average Bonchev–Trinajstić information content (AvgIpc) is 2.70. The minimum Gasteiger partial charge on any atom is -0.394 e. The van der Waals surface area contributed by atoms with Crippen molar-refractivity contribution in [1.82, 2.24) is 10.3 Å². The zero-order valence-electron chi connectivity index (χ0n) is 14.6. The number of rotatable bonds is 6. The van der Waals surface area contributed by atoms with Crippen LogP contribution in [0.5, 0.6) is 0 Å². The molecule has 0 saturated heterocycles. The van der Waals surface area contributed by atoms with Crippen molar-refractivity contribution in [3.05, 3.63) is 72.6 Å². The highest BCUT2D eigenvalue weighted by Gasteiger charge is 2.29. The Labute approximate surface area is 157 Å². The fourth-order valence-electron chi connectivity index (χ4n) is 2.79. The molecule has 2 heterocycles. The van der Waals surface area contributed by atoms with Crippen molar-refractivity contribution in [3.63, 3.8) is 0 Å². The molecule has 140 valence electrons. The van der Waals surface area contributed by atoms with Crippen molar-refractivity contribution < 1.29 is 19.4 Å². The molecule has 27 heavy (non-hydrogen) atoms. The minimum absolute atomic E-state index is 0.118. The van der Waals surface area contributed by atoms with E-state index in [1.807, 2.05) is 18.2 Å². The summed E-state index contributed by atoms with van der Waals surface area (Å²) < 4.78 is 5.77. The van der Waals surface area contributed by atoms with Crippen molar-refractivity contribution in [2.45, 2.75) is 24.7 Å². The van der Waals surface area contributed by atoms with E-state index in [1.54, 1.807) is 36.4 Å². The third-order valence-corrected chi connectivity index (χ3v) is 4.15. The standard InChI is InChI=1S/C20H21N3O4/c24-13-18-17(23-20(26)14-8-10-21-11-9-14)7-6-16(27-18)12-19(25)22-15-4-2-1-3-5-15/h1-11,16-18,24H,12-13H2,(H,22,25)(H,23,26)/t16-,17-,18+/m1/s1. The lowest BCUT2D eigenvalue weighted by molar-refractivity contribution is -0.120. The van der Waals surface area contributed by atoms with Crippen LogP contribution in [0.3, 0.4) is 0 Å². The van der Waals surface area contributed by atoms with Gasteiger partial charge in [-0.05, 0) is 24.3 Å². The van der Waals surface area contributed by atoms with Gasteiger partial charge in [0.25, 0.3) is 5.91 Å². The van der Waals surface area contributed by atoms with Crippen molar-refractivity contribution in [2.24, 2.45) is 0 Å². The molecule has 0 saturated carbocycles. The van der Waals surface area contributed by atoms with Gasteiger partial charge >= 0.3 is 0 Å². The van der Waals surface area contributed by atoms with E-state index in [4.69, 9.17) is 4.74 Å². The molecule has 1 aliphatic rings. The van der Waals surface area contributed by atoms with Crippen LogP contribution in [0, 0.1) is 0 Å². The largest absolute Gasteiger partial charge is 0.394 e. The summed E-state index contributed by atoms with van der Waals surface area (Å²) in [6, 6.07) is 11.9. The Morgan fingerprint density at radius 1 is 1.07 bits per heavy atom. The maximum Gasteiger partial charge on any atom is 0.251 e. The summed E-state index contributed by atoms with van der Waals surface area (Å²) in [7, 11) is 0. The highest BCUT2D eigenvalue weighted by molar-refractivity contribution is 5.94. The summed E-state index contributed by atoms with van der Waals surface area (Å²) in [4.78, 5) is 28.3. The number of aliphatic hydroxyl groups excluding tert-OH is 1. The number of ether oxygens (including phenoxy) is 1. The number of carbonyl (C=O) groups excluding carboxylic acids is 2. The number of carbonyl (C=O) groups is 2. The van der Waals surface area contributed by atoms with E-state index in [0.29, 0.717) is 11.3 Å². The predicted octanol–water partition coefficient (Wildman–Crippen LogP) is 1.52. The van der Waals surface area contributed by atoms with Crippen LogP contribution in [0.25, 0.3) is 0 Å². The molecule has 1 aromatic carbocycles. The summed E-state index contributed by atoms with van der Waals surface area (Å²) in [5.74, 6) is -0.471. The maximum atomic E-state index is 12.3. The number of amides is 2. The van der Waals surface area contributed by atoms with E-state index in [2.05, 4.69) is 15.6 Å². The quantitative estimate of drug-likeness (QED) is 0.672. The van der Waals surface area contributed by atoms with Crippen LogP contribution in [-0.4, -0.2) is 46.8 Å². The van der Waals surface area contributed by atoms with Gasteiger partial charge in [0.15, 0.2) is 0 Å². The molecule has 7 heteroatoms. The fraction of sp³-hybridized carbons (Fsp3) is 0.250. The number of nitrogens with zero attached hydrogens (tertiary/aromatic N) is 1. The molecule has 2 amide bonds. The minimum atomic E-state index is -0.629. The van der Waals surface area contributed by atoms with E-state index in [0.717, 1.165) is 0 Å². The van der Waals surface area contributed by atoms with Crippen molar-refractivity contribution >= 4 is 17.5 Å². The van der Waals surface area contributed by atoms with Crippen molar-refractivity contribution in [2.75, 3.05) is 11.9 Å². The van der Waals surface area contributed by atoms with Gasteiger partial charge in [0.2, 0.25) is 5.91 Å². The SMILES string of the molecule is O=C(C[C@H]1C=C[C@@H](NC(=O)c2ccncc2)[C@H](CO)O1)Nc1ccccc1. The van der Waals surface area contributed by atoms with Crippen molar-refractivity contribution in [1.29, 1.82) is 0 Å². The Bertz CT molecular complexity index is 795. The van der Waals surface area contributed by atoms with E-state index in [1.165, 1.54) is 12.4 Å². The Morgan fingerprint density at radius 3 is 2.52 bits per heavy atom. The van der Waals surface area contributed by atoms with Crippen LogP contribution in [0.4, 0.5) is 5.69 Å². The molecule has 0 bridgehead atoms. The van der Waals surface area contributed by atoms with Crippen LogP contribution in [0.1, 0.15) is 16.8 Å². The van der Waals surface area contributed by atoms with Crippen LogP contribution in [0.2, 0.25) is 0 Å². The summed E-state index contributed by atoms with van der Waals surface area (Å²) >= 11 is 0. The number of para-hydroxylation sites is 1. The normalized spacial score (nSPS) is 21.4. The zero-order valence-corrected chi connectivity index (χ0v) is 14.6. The van der Waals surface area contributed by atoms with E-state index in [9.17, 15) is 14.7 Å². The first kappa shape index (κ1) is 18.8. The summed E-state index contributed by atoms with van der Waals surface area (Å²) in [6.07, 6.45) is 5.57. The first-order valence-electron chi connectivity index (χ1n) is 8.66. The van der Waals surface area contributed by atoms with Gasteiger partial charge in [0.05, 0.1) is 25.2 Å². The monoisotopic (exact) mass is 367 g/mol. The van der Waals surface area contributed by atoms with Gasteiger partial charge in [-0.1, -0.05) is 30.4 Å². The molecular weight excluding hydrogens is 346 g/mol. The molecule has 0 unspecified atom stereocenters. The first-order valence-corrected chi connectivity index (χ1v) is 8.66. The molecule has 3 atom stereocenters. The van der Waals surface area contributed by atoms with Crippen LogP contribution >= 0.6 is 0 Å². The number of aliphatic hydroxyl groups is 1. The van der Waals surface area contributed by atoms with Crippen molar-refractivity contribution in [3.8, 4) is 0 Å². The van der Waals surface area contributed by atoms with Crippen LogP contribution in [-0.2, 0) is 9.53 Å². The second kappa shape index (κ2) is 9.07. The number of pyridine rings is 1. The van der Waals surface area contributed by atoms with Gasteiger partial charge in [-0.25, -0.2) is 0 Å². The van der Waals surface area contributed by atoms with Gasteiger partial charge in [-0.3, -0.25) is 14.6 Å². The maximum absolute atomic E-state index is 12.3. The molecule has 0 spiro atoms. The number of anilines is 1. The van der Waals surface area contributed by atoms with Crippen LogP contribution in [0.15, 0.2) is 67.0 Å². The highest BCUT2D eigenvalue weighted by Crippen LogP contribution is 2.17. The molecule has 0 radical (unpaired) electrons. The van der Waals surface area contributed by atoms with Gasteiger partial charge in [-0.15, -0.1) is 0 Å². The molecule has 1 aliphatic heterocycles. The van der Waals surface area contributed by atoms with Gasteiger partial charge < -0.3 is 20.5 Å². The topological polar surface area (TPSA) is 101 Å². The molecule has 3 N–H and O–H groups in total. The molecule has 7 nitrogen and oxygen atoms in total. The second-order valence-corrected chi connectivity index (χ2v) is 6.13. The fourth-order valence-corrected chi connectivity index (χ4v) is 2.79. The van der Waals surface area contributed by atoms with Gasteiger partial charge in [0, 0.05) is 23.6 Å². The summed E-state index contributed by atoms with van der Waals surface area (Å²) in [5, 5.41) is 15.2. The Morgan fingerprint density at radius 2 is 1.81 bits per heavy atom. The summed E-state index contributed by atoms with van der Waals surface area (Å²) in [5.41, 5.74) is 1.18. The lowest BCUT2D eigenvalue weighted by Crippen LogP contribution is -2.48. The highest BCUT2D eigenvalue weighted by atomic mass is 16.5. The Balaban J connectivity index is 1.57. The molecule has 3 rings (SSSR count). The Hall–Kier alpha value is -3.03. The van der Waals surface area contributed by atoms with E-state index in [-0.39, 0.29) is 24.8 Å². The number of aromatic nitrogens is 1. The molecule has 0 fully saturated rings. The second-order valence-electron chi connectivity index (χ2n) is 6.13. The lowest BCUT2D eigenvalue weighted by atomic mass is 10.0. The van der Waals surface area contributed by atoms with Gasteiger partial charge in [-0.2, -0.15) is 0 Å². The van der Waals surface area contributed by atoms with Crippen LogP contribution < -0.4 is 10.6 Å². The molecule has 2 aromatic rings. The Kier molecular flexibility index (Phi) is 6.30. The van der Waals surface area contributed by atoms with E-state index >= 15 is 0 Å². The van der Waals surface area contributed by atoms with E-state index < -0.39 is 18.2 Å². The third-order valence-electron chi connectivity index (χ3n) is 4.15. The molecular formula is C20H21N3O4. The van der Waals surface area contributed by atoms with Gasteiger partial charge in [0.1, 0.15) is 6.10 Å². The number of hydrogen-bond donors (Lipinski definition) is 3. The smallest absolute Gasteiger partial charge is 0.251 e. The number of hydrogen-bond acceptors (Lipinski definition) is 5.